The fourth-order valence-corrected chi connectivity index (χ4v) is 3.39. The Hall–Kier alpha value is -2.51. The minimum Gasteiger partial charge on any atom is -0.340 e. The number of hydrogen-bond acceptors (Lipinski definition) is 5. The number of aromatic nitrogens is 7. The van der Waals surface area contributed by atoms with Crippen molar-refractivity contribution in [1.82, 2.24) is 29.8 Å². The molecule has 0 aromatic carbocycles. The number of aryl methyl sites for hydroxylation is 5. The maximum atomic E-state index is 4.75. The molecule has 3 aromatic heterocycles. The summed E-state index contributed by atoms with van der Waals surface area (Å²) >= 11 is 0. The van der Waals surface area contributed by atoms with Gasteiger partial charge in [0.05, 0.1) is 5.56 Å². The normalized spacial score (nSPS) is 14.8. The molecule has 1 fully saturated rings. The molecule has 0 bridgehead atoms. The van der Waals surface area contributed by atoms with Crippen molar-refractivity contribution in [3.63, 3.8) is 0 Å². The van der Waals surface area contributed by atoms with Gasteiger partial charge in [0.25, 0.3) is 11.5 Å². The van der Waals surface area contributed by atoms with Crippen molar-refractivity contribution in [2.45, 2.75) is 46.0 Å². The van der Waals surface area contributed by atoms with Crippen LogP contribution in [0.3, 0.4) is 0 Å². The number of hydrogen-bond donors (Lipinski definition) is 1. The van der Waals surface area contributed by atoms with E-state index in [0.717, 1.165) is 67.0 Å². The predicted molar refractivity (Wildman–Crippen MR) is 93.5 cm³/mol. The summed E-state index contributed by atoms with van der Waals surface area (Å²) in [6, 6.07) is 0. The minimum atomic E-state index is 0.802. The molecule has 1 aliphatic rings. The number of aromatic amines is 1. The molecule has 0 atom stereocenters. The second kappa shape index (κ2) is 6.42. The van der Waals surface area contributed by atoms with Crippen LogP contribution in [0.15, 0.2) is 6.20 Å². The van der Waals surface area contributed by atoms with E-state index in [9.17, 15) is 0 Å². The van der Waals surface area contributed by atoms with Gasteiger partial charge in [0.15, 0.2) is 0 Å². The Morgan fingerprint density at radius 2 is 2.00 bits per heavy atom. The van der Waals surface area contributed by atoms with E-state index in [0.29, 0.717) is 0 Å². The van der Waals surface area contributed by atoms with Crippen LogP contribution in [0, 0.1) is 6.92 Å². The van der Waals surface area contributed by atoms with E-state index in [1.807, 2.05) is 29.4 Å². The standard InChI is InChI=1S/C17H24N8/c1-4-14-18-11-12(2)16-19-13(21-25(14)16)7-8-15-20-17(22-23(15)3)24-9-5-6-10-24/h11H,4-10H2,1-3H3/p+1. The minimum absolute atomic E-state index is 0.802. The molecule has 0 spiro atoms. The molecule has 25 heavy (non-hydrogen) atoms. The Bertz CT molecular complexity index is 888. The van der Waals surface area contributed by atoms with Gasteiger partial charge in [0, 0.05) is 39.4 Å². The average molecular weight is 341 g/mol. The highest BCUT2D eigenvalue weighted by molar-refractivity contribution is 5.37. The first kappa shape index (κ1) is 16.0. The highest BCUT2D eigenvalue weighted by atomic mass is 15.4. The summed E-state index contributed by atoms with van der Waals surface area (Å²) in [4.78, 5) is 16.2. The summed E-state index contributed by atoms with van der Waals surface area (Å²) in [5, 5.41) is 7.96. The molecule has 3 aromatic rings. The lowest BCUT2D eigenvalue weighted by atomic mass is 10.3. The smallest absolute Gasteiger partial charge is 0.292 e. The first-order valence-corrected chi connectivity index (χ1v) is 9.05. The Morgan fingerprint density at radius 1 is 1.20 bits per heavy atom. The van der Waals surface area contributed by atoms with E-state index < -0.39 is 0 Å². The number of anilines is 1. The van der Waals surface area contributed by atoms with E-state index in [2.05, 4.69) is 27.0 Å². The molecule has 132 valence electrons. The van der Waals surface area contributed by atoms with Crippen molar-refractivity contribution in [2.24, 2.45) is 7.05 Å². The summed E-state index contributed by atoms with van der Waals surface area (Å²) in [7, 11) is 1.97. The lowest BCUT2D eigenvalue weighted by Crippen LogP contribution is -2.31. The predicted octanol–water partition coefficient (Wildman–Crippen LogP) is 0.928. The Kier molecular flexibility index (Phi) is 4.10. The summed E-state index contributed by atoms with van der Waals surface area (Å²) in [6.45, 7) is 6.27. The van der Waals surface area contributed by atoms with Gasteiger partial charge in [-0.2, -0.15) is 4.98 Å². The van der Waals surface area contributed by atoms with Crippen molar-refractivity contribution in [2.75, 3.05) is 18.0 Å². The van der Waals surface area contributed by atoms with Crippen LogP contribution >= 0.6 is 0 Å². The molecule has 1 N–H and O–H groups in total. The molecule has 0 saturated carbocycles. The van der Waals surface area contributed by atoms with Crippen LogP contribution in [0.2, 0.25) is 0 Å². The lowest BCUT2D eigenvalue weighted by molar-refractivity contribution is -0.590. The zero-order valence-electron chi connectivity index (χ0n) is 15.2. The molecular weight excluding hydrogens is 316 g/mol. The molecule has 4 heterocycles. The van der Waals surface area contributed by atoms with Crippen LogP contribution in [-0.2, 0) is 26.3 Å². The number of rotatable bonds is 5. The third-order valence-electron chi connectivity index (χ3n) is 4.84. The van der Waals surface area contributed by atoms with Gasteiger partial charge < -0.3 is 4.90 Å². The third kappa shape index (κ3) is 2.96. The third-order valence-corrected chi connectivity index (χ3v) is 4.84. The molecule has 0 unspecified atom stereocenters. The molecule has 0 radical (unpaired) electrons. The van der Waals surface area contributed by atoms with Crippen LogP contribution in [0.5, 0.6) is 0 Å². The first-order valence-electron chi connectivity index (χ1n) is 9.05. The summed E-state index contributed by atoms with van der Waals surface area (Å²) in [5.74, 6) is 3.81. The van der Waals surface area contributed by atoms with E-state index in [-0.39, 0.29) is 0 Å². The van der Waals surface area contributed by atoms with E-state index >= 15 is 0 Å². The second-order valence-electron chi connectivity index (χ2n) is 6.69. The Balaban J connectivity index is 1.53. The Labute approximate surface area is 146 Å². The van der Waals surface area contributed by atoms with E-state index in [1.54, 1.807) is 0 Å². The molecular formula is C17H25N8+. The molecule has 8 nitrogen and oxygen atoms in total. The van der Waals surface area contributed by atoms with Crippen molar-refractivity contribution in [1.29, 1.82) is 0 Å². The van der Waals surface area contributed by atoms with E-state index in [4.69, 9.17) is 9.97 Å². The van der Waals surface area contributed by atoms with E-state index in [1.165, 1.54) is 12.8 Å². The van der Waals surface area contributed by atoms with Crippen molar-refractivity contribution < 1.29 is 4.52 Å². The fraction of sp³-hybridized carbons (Fsp3) is 0.588. The summed E-state index contributed by atoms with van der Waals surface area (Å²) in [6.07, 6.45) is 6.84. The largest absolute Gasteiger partial charge is 0.340 e. The molecule has 1 saturated heterocycles. The van der Waals surface area contributed by atoms with Crippen molar-refractivity contribution in [3.05, 3.63) is 29.2 Å². The van der Waals surface area contributed by atoms with Crippen LogP contribution in [-0.4, -0.2) is 42.9 Å². The summed E-state index contributed by atoms with van der Waals surface area (Å²) < 4.78 is 3.89. The molecule has 0 amide bonds. The molecule has 4 rings (SSSR count). The van der Waals surface area contributed by atoms with Crippen molar-refractivity contribution in [3.8, 4) is 0 Å². The highest BCUT2D eigenvalue weighted by Crippen LogP contribution is 2.16. The van der Waals surface area contributed by atoms with Crippen LogP contribution in [0.25, 0.3) is 5.65 Å². The number of H-pyrrole nitrogens is 1. The molecule has 8 heteroatoms. The average Bonchev–Trinajstić information content (AvgIpc) is 3.33. The highest BCUT2D eigenvalue weighted by Gasteiger charge is 2.20. The van der Waals surface area contributed by atoms with Crippen molar-refractivity contribution >= 4 is 11.6 Å². The van der Waals surface area contributed by atoms with Gasteiger partial charge in [0.1, 0.15) is 12.0 Å². The monoisotopic (exact) mass is 341 g/mol. The topological polar surface area (TPSA) is 79.6 Å². The van der Waals surface area contributed by atoms with Gasteiger partial charge in [-0.25, -0.2) is 5.10 Å². The second-order valence-corrected chi connectivity index (χ2v) is 6.69. The van der Waals surface area contributed by atoms with Gasteiger partial charge in [-0.3, -0.25) is 4.68 Å². The quantitative estimate of drug-likeness (QED) is 0.698. The Morgan fingerprint density at radius 3 is 2.76 bits per heavy atom. The first-order chi connectivity index (χ1) is 12.2. The van der Waals surface area contributed by atoms with Crippen LogP contribution in [0.4, 0.5) is 5.95 Å². The number of nitrogens with one attached hydrogen (secondary N) is 1. The lowest BCUT2D eigenvalue weighted by Gasteiger charge is -2.10. The van der Waals surface area contributed by atoms with Gasteiger partial charge in [-0.15, -0.1) is 14.6 Å². The number of nitrogens with zero attached hydrogens (tertiary/aromatic N) is 7. The SMILES string of the molecule is CCc1ncc(C)c2nc(CCc3nc(N4CCCC4)nn3C)[nH][n+]12. The maximum absolute atomic E-state index is 4.75. The fourth-order valence-electron chi connectivity index (χ4n) is 3.39. The molecule has 0 aliphatic carbocycles. The zero-order chi connectivity index (χ0) is 17.4. The van der Waals surface area contributed by atoms with Gasteiger partial charge in [-0.05, 0) is 19.8 Å². The van der Waals surface area contributed by atoms with Crippen LogP contribution in [0.1, 0.15) is 42.8 Å². The maximum Gasteiger partial charge on any atom is 0.292 e. The van der Waals surface area contributed by atoms with Crippen LogP contribution < -0.4 is 9.42 Å². The molecule has 1 aliphatic heterocycles. The van der Waals surface area contributed by atoms with Gasteiger partial charge in [0.2, 0.25) is 11.8 Å². The number of fused-ring (bicyclic) bond motifs is 1. The summed E-state index contributed by atoms with van der Waals surface area (Å²) in [5.41, 5.74) is 2.03. The van der Waals surface area contributed by atoms with Gasteiger partial charge in [-0.1, -0.05) is 11.9 Å². The zero-order valence-corrected chi connectivity index (χ0v) is 15.2. The van der Waals surface area contributed by atoms with Gasteiger partial charge >= 0.3 is 0 Å².